The number of nitrogens with zero attached hydrogens (tertiary/aromatic N) is 2. The fourth-order valence-electron chi connectivity index (χ4n) is 3.24. The summed E-state index contributed by atoms with van der Waals surface area (Å²) in [6.07, 6.45) is 7.71. The zero-order valence-electron chi connectivity index (χ0n) is 9.08. The Labute approximate surface area is 86.9 Å². The van der Waals surface area contributed by atoms with E-state index in [4.69, 9.17) is 5.26 Å². The summed E-state index contributed by atoms with van der Waals surface area (Å²) < 4.78 is 0. The van der Waals surface area contributed by atoms with Gasteiger partial charge in [0.2, 0.25) is 0 Å². The van der Waals surface area contributed by atoms with Gasteiger partial charge in [0.25, 0.3) is 0 Å². The molecule has 2 heteroatoms. The minimum absolute atomic E-state index is 0.480. The Balaban J connectivity index is 1.97. The molecule has 1 saturated carbocycles. The second-order valence-corrected chi connectivity index (χ2v) is 4.85. The van der Waals surface area contributed by atoms with E-state index < -0.39 is 0 Å². The van der Waals surface area contributed by atoms with Crippen molar-refractivity contribution >= 4 is 0 Å². The van der Waals surface area contributed by atoms with Crippen molar-refractivity contribution in [1.29, 1.82) is 5.26 Å². The minimum Gasteiger partial charge on any atom is -0.296 e. The van der Waals surface area contributed by atoms with E-state index in [1.165, 1.54) is 38.6 Å². The van der Waals surface area contributed by atoms with Crippen molar-refractivity contribution in [3.63, 3.8) is 0 Å². The van der Waals surface area contributed by atoms with Crippen LogP contribution in [0, 0.1) is 17.2 Å². The number of hydrogen-bond acceptors (Lipinski definition) is 2. The summed E-state index contributed by atoms with van der Waals surface area (Å²) in [4.78, 5) is 2.59. The van der Waals surface area contributed by atoms with E-state index >= 15 is 0 Å². The van der Waals surface area contributed by atoms with Crippen molar-refractivity contribution in [2.45, 2.75) is 57.5 Å². The first kappa shape index (κ1) is 9.98. The molecule has 1 saturated heterocycles. The molecule has 78 valence electrons. The lowest BCUT2D eigenvalue weighted by atomic mass is 9.85. The van der Waals surface area contributed by atoms with E-state index in [1.807, 2.05) is 0 Å². The van der Waals surface area contributed by atoms with Crippen molar-refractivity contribution in [1.82, 2.24) is 4.90 Å². The average molecular weight is 192 g/mol. The third-order valence-corrected chi connectivity index (χ3v) is 4.01. The maximum Gasteiger partial charge on any atom is 0.0638 e. The molecule has 14 heavy (non-hydrogen) atoms. The molecular weight excluding hydrogens is 172 g/mol. The van der Waals surface area contributed by atoms with Crippen molar-refractivity contribution < 1.29 is 0 Å². The summed E-state index contributed by atoms with van der Waals surface area (Å²) in [5.41, 5.74) is 0. The summed E-state index contributed by atoms with van der Waals surface area (Å²) in [6.45, 7) is 3.44. The Kier molecular flexibility index (Phi) is 3.08. The number of fused-ring (bicyclic) bond motifs is 1. The summed E-state index contributed by atoms with van der Waals surface area (Å²) in [5.74, 6) is 0.949. The Morgan fingerprint density at radius 3 is 2.93 bits per heavy atom. The van der Waals surface area contributed by atoms with Gasteiger partial charge in [-0.25, -0.2) is 0 Å². The van der Waals surface area contributed by atoms with Crippen LogP contribution in [-0.2, 0) is 0 Å². The third kappa shape index (κ3) is 1.79. The van der Waals surface area contributed by atoms with Crippen LogP contribution < -0.4 is 0 Å². The predicted octanol–water partition coefficient (Wildman–Crippen LogP) is 2.55. The van der Waals surface area contributed by atoms with Crippen molar-refractivity contribution in [2.24, 2.45) is 5.92 Å². The molecule has 1 unspecified atom stereocenters. The topological polar surface area (TPSA) is 27.0 Å². The van der Waals surface area contributed by atoms with Gasteiger partial charge in [0.05, 0.1) is 12.5 Å². The SMILES string of the molecule is CC(CC#N)N1CC[C@@H]2CCCC[C@@H]21. The Bertz CT molecular complexity index is 231. The molecule has 1 aliphatic heterocycles. The molecule has 0 spiro atoms. The number of hydrogen-bond donors (Lipinski definition) is 0. The second-order valence-electron chi connectivity index (χ2n) is 4.85. The Morgan fingerprint density at radius 1 is 1.36 bits per heavy atom. The molecule has 2 aliphatic rings. The fraction of sp³-hybridized carbons (Fsp3) is 0.917. The fourth-order valence-corrected chi connectivity index (χ4v) is 3.24. The van der Waals surface area contributed by atoms with E-state index in [-0.39, 0.29) is 0 Å². The molecule has 0 aromatic rings. The van der Waals surface area contributed by atoms with Crippen LogP contribution in [0.4, 0.5) is 0 Å². The van der Waals surface area contributed by atoms with Crippen LogP contribution in [0.3, 0.4) is 0 Å². The van der Waals surface area contributed by atoms with Gasteiger partial charge in [-0.3, -0.25) is 4.90 Å². The van der Waals surface area contributed by atoms with Crippen LogP contribution in [0.1, 0.15) is 45.4 Å². The standard InChI is InChI=1S/C12H20N2/c1-10(6-8-13)14-9-7-11-4-2-3-5-12(11)14/h10-12H,2-7,9H2,1H3/t10?,11-,12-/m0/s1. The molecule has 0 radical (unpaired) electrons. The van der Waals surface area contributed by atoms with Crippen LogP contribution in [0.15, 0.2) is 0 Å². The summed E-state index contributed by atoms with van der Waals surface area (Å²) >= 11 is 0. The van der Waals surface area contributed by atoms with Gasteiger partial charge in [-0.2, -0.15) is 5.26 Å². The molecule has 1 heterocycles. The van der Waals surface area contributed by atoms with Gasteiger partial charge < -0.3 is 0 Å². The van der Waals surface area contributed by atoms with Crippen LogP contribution in [0.5, 0.6) is 0 Å². The highest BCUT2D eigenvalue weighted by Crippen LogP contribution is 2.37. The Hall–Kier alpha value is -0.550. The lowest BCUT2D eigenvalue weighted by Gasteiger charge is -2.34. The smallest absolute Gasteiger partial charge is 0.0638 e. The van der Waals surface area contributed by atoms with Crippen molar-refractivity contribution in [3.8, 4) is 6.07 Å². The van der Waals surface area contributed by atoms with Gasteiger partial charge >= 0.3 is 0 Å². The number of rotatable bonds is 2. The molecule has 0 amide bonds. The maximum atomic E-state index is 8.72. The number of nitriles is 1. The summed E-state index contributed by atoms with van der Waals surface area (Å²) in [6, 6.07) is 3.59. The van der Waals surface area contributed by atoms with Gasteiger partial charge in [0.1, 0.15) is 0 Å². The van der Waals surface area contributed by atoms with Crippen LogP contribution in [0.2, 0.25) is 0 Å². The van der Waals surface area contributed by atoms with Crippen molar-refractivity contribution in [3.05, 3.63) is 0 Å². The predicted molar refractivity (Wildman–Crippen MR) is 56.8 cm³/mol. The van der Waals surface area contributed by atoms with E-state index in [0.717, 1.165) is 12.0 Å². The van der Waals surface area contributed by atoms with E-state index in [9.17, 15) is 0 Å². The number of likely N-dealkylation sites (tertiary alicyclic amines) is 1. The van der Waals surface area contributed by atoms with E-state index in [2.05, 4.69) is 17.9 Å². The van der Waals surface area contributed by atoms with E-state index in [0.29, 0.717) is 12.5 Å². The van der Waals surface area contributed by atoms with Crippen molar-refractivity contribution in [2.75, 3.05) is 6.54 Å². The lowest BCUT2D eigenvalue weighted by Crippen LogP contribution is -2.40. The molecule has 0 aromatic heterocycles. The molecule has 0 aromatic carbocycles. The first-order valence-electron chi connectivity index (χ1n) is 5.95. The molecule has 2 nitrogen and oxygen atoms in total. The minimum atomic E-state index is 0.480. The zero-order valence-corrected chi connectivity index (χ0v) is 9.08. The quantitative estimate of drug-likeness (QED) is 0.672. The van der Waals surface area contributed by atoms with Gasteiger partial charge in [-0.1, -0.05) is 12.8 Å². The highest BCUT2D eigenvalue weighted by Gasteiger charge is 2.37. The Morgan fingerprint density at radius 2 is 2.14 bits per heavy atom. The first-order chi connectivity index (χ1) is 6.83. The second kappa shape index (κ2) is 4.31. The summed E-state index contributed by atoms with van der Waals surface area (Å²) in [7, 11) is 0. The zero-order chi connectivity index (χ0) is 9.97. The molecular formula is C12H20N2. The highest BCUT2D eigenvalue weighted by molar-refractivity contribution is 4.93. The van der Waals surface area contributed by atoms with Gasteiger partial charge in [-0.15, -0.1) is 0 Å². The largest absolute Gasteiger partial charge is 0.296 e. The molecule has 0 N–H and O–H groups in total. The highest BCUT2D eigenvalue weighted by atomic mass is 15.2. The summed E-state index contributed by atoms with van der Waals surface area (Å²) in [5, 5.41) is 8.72. The first-order valence-corrected chi connectivity index (χ1v) is 5.95. The monoisotopic (exact) mass is 192 g/mol. The lowest BCUT2D eigenvalue weighted by molar-refractivity contribution is 0.142. The molecule has 3 atom stereocenters. The molecule has 2 rings (SSSR count). The van der Waals surface area contributed by atoms with Crippen LogP contribution >= 0.6 is 0 Å². The van der Waals surface area contributed by atoms with Crippen LogP contribution in [0.25, 0.3) is 0 Å². The third-order valence-electron chi connectivity index (χ3n) is 4.01. The molecule has 0 bridgehead atoms. The van der Waals surface area contributed by atoms with Crippen LogP contribution in [-0.4, -0.2) is 23.5 Å². The average Bonchev–Trinajstić information content (AvgIpc) is 2.61. The van der Waals surface area contributed by atoms with E-state index in [1.54, 1.807) is 0 Å². The van der Waals surface area contributed by atoms with Gasteiger partial charge in [0, 0.05) is 12.1 Å². The van der Waals surface area contributed by atoms with Gasteiger partial charge in [0.15, 0.2) is 0 Å². The molecule has 1 aliphatic carbocycles. The van der Waals surface area contributed by atoms with Gasteiger partial charge in [-0.05, 0) is 38.6 Å². The normalized spacial score (nSPS) is 34.9. The molecule has 2 fully saturated rings. The maximum absolute atomic E-state index is 8.72.